The number of hydrogen-bond donors (Lipinski definition) is 0. The van der Waals surface area contributed by atoms with Crippen LogP contribution in [0.25, 0.3) is 0 Å². The Hall–Kier alpha value is 1.28. The van der Waals surface area contributed by atoms with E-state index in [4.69, 9.17) is 0 Å². The second-order valence-corrected chi connectivity index (χ2v) is 0.990. The Kier molecular flexibility index (Phi) is 17.2. The summed E-state index contributed by atoms with van der Waals surface area (Å²) in [7, 11) is -12.0. The zero-order valence-electron chi connectivity index (χ0n) is 5.11. The molecule has 0 unspecified atom stereocenters. The van der Waals surface area contributed by atoms with Gasteiger partial charge in [0.2, 0.25) is 0 Å². The summed E-state index contributed by atoms with van der Waals surface area (Å²) in [5.41, 5.74) is 0. The van der Waals surface area contributed by atoms with E-state index in [1.807, 2.05) is 0 Å². The standard InChI is InChI=1S/2BF4.Fe.La/c2*2-1(3,4)5;;/q2*-1;+2;. The first kappa shape index (κ1) is 23.3. The largest absolute Gasteiger partial charge is 2.00 e. The second-order valence-electron chi connectivity index (χ2n) is 0.990. The number of halogens is 8. The van der Waals surface area contributed by atoms with E-state index in [2.05, 4.69) is 0 Å². The van der Waals surface area contributed by atoms with Crippen LogP contribution in [0.15, 0.2) is 0 Å². The molecule has 12 heavy (non-hydrogen) atoms. The Morgan fingerprint density at radius 2 is 0.500 bits per heavy atom. The van der Waals surface area contributed by atoms with Crippen LogP contribution in [-0.2, 0) is 17.1 Å². The predicted octanol–water partition coefficient (Wildman–Crippen LogP) is 2.60. The van der Waals surface area contributed by atoms with Crippen molar-refractivity contribution in [2.24, 2.45) is 0 Å². The van der Waals surface area contributed by atoms with Crippen LogP contribution in [-0.4, -0.2) is 14.5 Å². The summed E-state index contributed by atoms with van der Waals surface area (Å²) < 4.78 is 78.0. The minimum Gasteiger partial charge on any atom is -0.418 e. The van der Waals surface area contributed by atoms with Crippen LogP contribution in [0.3, 0.4) is 0 Å². The average molecular weight is 368 g/mol. The van der Waals surface area contributed by atoms with Gasteiger partial charge in [-0.3, -0.25) is 0 Å². The molecule has 0 rings (SSSR count). The van der Waals surface area contributed by atoms with Crippen LogP contribution in [0.2, 0.25) is 0 Å². The maximum Gasteiger partial charge on any atom is 2.00 e. The smallest absolute Gasteiger partial charge is 0.418 e. The van der Waals surface area contributed by atoms with Gasteiger partial charge in [0.1, 0.15) is 0 Å². The van der Waals surface area contributed by atoms with E-state index in [9.17, 15) is 34.5 Å². The predicted molar refractivity (Wildman–Crippen MR) is 20.4 cm³/mol. The van der Waals surface area contributed by atoms with Crippen molar-refractivity contribution in [1.29, 1.82) is 0 Å². The third-order valence-electron chi connectivity index (χ3n) is 0. The molecule has 0 bridgehead atoms. The van der Waals surface area contributed by atoms with Crippen LogP contribution >= 0.6 is 0 Å². The van der Waals surface area contributed by atoms with Gasteiger partial charge in [0.25, 0.3) is 0 Å². The van der Waals surface area contributed by atoms with E-state index in [0.29, 0.717) is 0 Å². The minimum absolute atomic E-state index is 0. The maximum atomic E-state index is 9.75. The normalized spacial score (nSPS) is 10.0. The molecule has 0 aliphatic heterocycles. The van der Waals surface area contributed by atoms with Crippen molar-refractivity contribution < 1.29 is 87.2 Å². The number of hydrogen-bond acceptors (Lipinski definition) is 0. The van der Waals surface area contributed by atoms with Crippen LogP contribution in [0.1, 0.15) is 0 Å². The zero-order valence-corrected chi connectivity index (χ0v) is 9.84. The monoisotopic (exact) mass is 369 g/mol. The Balaban J connectivity index is -0.0000000457. The quantitative estimate of drug-likeness (QED) is 0.456. The molecule has 0 heterocycles. The fourth-order valence-corrected chi connectivity index (χ4v) is 0. The topological polar surface area (TPSA) is 0 Å². The zero-order chi connectivity index (χ0) is 9.00. The molecule has 0 spiro atoms. The summed E-state index contributed by atoms with van der Waals surface area (Å²) >= 11 is 0. The van der Waals surface area contributed by atoms with E-state index in [1.165, 1.54) is 0 Å². The third kappa shape index (κ3) is 724. The van der Waals surface area contributed by atoms with Crippen molar-refractivity contribution in [2.45, 2.75) is 0 Å². The van der Waals surface area contributed by atoms with Gasteiger partial charge in [0.05, 0.1) is 0 Å². The van der Waals surface area contributed by atoms with Gasteiger partial charge in [-0.15, -0.1) is 0 Å². The maximum absolute atomic E-state index is 9.75. The van der Waals surface area contributed by atoms with Gasteiger partial charge in [-0.2, -0.15) is 0 Å². The molecular formula is B2F8FeLa. The van der Waals surface area contributed by atoms with Crippen LogP contribution in [0.4, 0.5) is 34.5 Å². The van der Waals surface area contributed by atoms with Crippen molar-refractivity contribution in [2.75, 3.05) is 0 Å². The van der Waals surface area contributed by atoms with Crippen LogP contribution < -0.4 is 0 Å². The molecule has 0 aliphatic rings. The summed E-state index contributed by atoms with van der Waals surface area (Å²) in [6.07, 6.45) is 0. The molecule has 0 aromatic carbocycles. The average Bonchev–Trinajstić information content (AvgIpc) is 1.12. The van der Waals surface area contributed by atoms with Crippen LogP contribution in [0, 0.1) is 35.6 Å². The fraction of sp³-hybridized carbons (Fsp3) is 0. The molecule has 0 aliphatic carbocycles. The summed E-state index contributed by atoms with van der Waals surface area (Å²) in [4.78, 5) is 0. The first-order valence-corrected chi connectivity index (χ1v) is 1.75. The van der Waals surface area contributed by atoms with Crippen molar-refractivity contribution in [1.82, 2.24) is 0 Å². The molecular weight excluding hydrogens is 368 g/mol. The Morgan fingerprint density at radius 3 is 0.500 bits per heavy atom. The minimum atomic E-state index is -6.00. The van der Waals surface area contributed by atoms with Gasteiger partial charge < -0.3 is 34.5 Å². The van der Waals surface area contributed by atoms with Crippen molar-refractivity contribution in [3.63, 3.8) is 0 Å². The summed E-state index contributed by atoms with van der Waals surface area (Å²) in [5, 5.41) is 0. The molecule has 73 valence electrons. The van der Waals surface area contributed by atoms with Gasteiger partial charge in [-0.05, 0) is 0 Å². The molecule has 0 aromatic heterocycles. The molecule has 0 aromatic rings. The van der Waals surface area contributed by atoms with Crippen molar-refractivity contribution in [3.05, 3.63) is 0 Å². The van der Waals surface area contributed by atoms with E-state index < -0.39 is 14.5 Å². The van der Waals surface area contributed by atoms with Crippen molar-refractivity contribution >= 4 is 14.5 Å². The van der Waals surface area contributed by atoms with Gasteiger partial charge in [0.15, 0.2) is 0 Å². The third-order valence-corrected chi connectivity index (χ3v) is 0. The van der Waals surface area contributed by atoms with Gasteiger partial charge in [0, 0.05) is 35.6 Å². The van der Waals surface area contributed by atoms with Gasteiger partial charge in [-0.1, -0.05) is 0 Å². The summed E-state index contributed by atoms with van der Waals surface area (Å²) in [6.45, 7) is 0. The molecule has 0 atom stereocenters. The Labute approximate surface area is 101 Å². The van der Waals surface area contributed by atoms with E-state index in [0.717, 1.165) is 0 Å². The molecule has 0 fully saturated rings. The van der Waals surface area contributed by atoms with Crippen LogP contribution in [0.5, 0.6) is 0 Å². The van der Waals surface area contributed by atoms with E-state index in [1.54, 1.807) is 0 Å². The first-order chi connectivity index (χ1) is 4.00. The second kappa shape index (κ2) is 8.86. The van der Waals surface area contributed by atoms with Crippen molar-refractivity contribution in [3.8, 4) is 0 Å². The molecule has 0 saturated heterocycles. The first-order valence-electron chi connectivity index (χ1n) is 1.75. The molecule has 0 amide bonds. The molecule has 1 radical (unpaired) electrons. The molecule has 12 heteroatoms. The molecule has 0 saturated carbocycles. The van der Waals surface area contributed by atoms with Gasteiger partial charge >= 0.3 is 31.6 Å². The Morgan fingerprint density at radius 1 is 0.500 bits per heavy atom. The van der Waals surface area contributed by atoms with E-state index >= 15 is 0 Å². The molecule has 0 nitrogen and oxygen atoms in total. The summed E-state index contributed by atoms with van der Waals surface area (Å²) in [6, 6.07) is 0. The van der Waals surface area contributed by atoms with Gasteiger partial charge in [-0.25, -0.2) is 0 Å². The fourth-order valence-electron chi connectivity index (χ4n) is 0. The van der Waals surface area contributed by atoms with E-state index in [-0.39, 0.29) is 52.7 Å². The summed E-state index contributed by atoms with van der Waals surface area (Å²) in [5.74, 6) is 0. The Bertz CT molecular complexity index is 60.0. The molecule has 0 N–H and O–H groups in total. The number of rotatable bonds is 0. The SMILES string of the molecule is F[B-](F)(F)F.F[B-](F)(F)F.[Fe+2].[La].